The summed E-state index contributed by atoms with van der Waals surface area (Å²) in [7, 11) is -1.51. The Labute approximate surface area is 150 Å². The monoisotopic (exact) mass is 382 g/mol. The number of carbonyl (C=O) groups excluding carboxylic acids is 1. The molecule has 2 rings (SSSR count). The Morgan fingerprint density at radius 2 is 1.76 bits per heavy atom. The lowest BCUT2D eigenvalue weighted by atomic mass is 10.2. The molecule has 0 unspecified atom stereocenters. The topological polar surface area (TPSA) is 78.9 Å². The van der Waals surface area contributed by atoms with E-state index in [4.69, 9.17) is 20.5 Å². The van der Waals surface area contributed by atoms with E-state index in [1.807, 2.05) is 0 Å². The van der Waals surface area contributed by atoms with Crippen LogP contribution >= 0.6 is 11.6 Å². The third kappa shape index (κ3) is 5.23. The summed E-state index contributed by atoms with van der Waals surface area (Å²) in [5, 5.41) is 1.42. The minimum absolute atomic E-state index is 0.0354. The lowest BCUT2D eigenvalue weighted by molar-refractivity contribution is 0.0599. The molecule has 0 radical (unpaired) electrons. The Morgan fingerprint density at radius 3 is 2.36 bits per heavy atom. The van der Waals surface area contributed by atoms with Crippen molar-refractivity contribution in [3.63, 3.8) is 0 Å². The van der Waals surface area contributed by atoms with E-state index >= 15 is 0 Å². The zero-order chi connectivity index (χ0) is 18.4. The molecule has 132 valence electrons. The Balaban J connectivity index is 2.30. The highest BCUT2D eigenvalue weighted by molar-refractivity contribution is 7.90. The number of rotatable bonds is 6. The molecule has 0 aromatic heterocycles. The molecule has 0 atom stereocenters. The first-order chi connectivity index (χ1) is 11.8. The van der Waals surface area contributed by atoms with Gasteiger partial charge in [0.2, 0.25) is 0 Å². The molecule has 0 heterocycles. The third-order valence-electron chi connectivity index (χ3n) is 3.10. The van der Waals surface area contributed by atoms with Gasteiger partial charge < -0.3 is 13.7 Å². The van der Waals surface area contributed by atoms with E-state index in [-0.39, 0.29) is 11.3 Å². The van der Waals surface area contributed by atoms with E-state index in [9.17, 15) is 13.2 Å². The molecule has 0 aliphatic carbocycles. The predicted molar refractivity (Wildman–Crippen MR) is 94.4 cm³/mol. The third-order valence-corrected chi connectivity index (χ3v) is 4.23. The normalized spacial score (nSPS) is 11.3. The van der Waals surface area contributed by atoms with Crippen LogP contribution in [-0.4, -0.2) is 28.6 Å². The Bertz CT molecular complexity index is 888. The average molecular weight is 383 g/mol. The van der Waals surface area contributed by atoms with Gasteiger partial charge in [-0.15, -0.1) is 0 Å². The highest BCUT2D eigenvalue weighted by Gasteiger charge is 2.19. The molecule has 0 bridgehead atoms. The van der Waals surface area contributed by atoms with Gasteiger partial charge in [-0.2, -0.15) is 8.42 Å². The number of ether oxygens (including phenoxy) is 2. The second-order valence-corrected chi connectivity index (χ2v) is 6.64. The summed E-state index contributed by atoms with van der Waals surface area (Å²) in [6, 6.07) is 10.7. The second kappa shape index (κ2) is 8.04. The smallest absolute Gasteiger partial charge is 0.341 e. The number of benzene rings is 2. The van der Waals surface area contributed by atoms with Gasteiger partial charge in [0.1, 0.15) is 11.3 Å². The first kappa shape index (κ1) is 18.8. The fourth-order valence-corrected chi connectivity index (χ4v) is 2.76. The molecular weight excluding hydrogens is 368 g/mol. The molecule has 0 amide bonds. The fraction of sp³-hybridized carbons (Fsp3) is 0.118. The molecule has 2 aromatic carbocycles. The summed E-state index contributed by atoms with van der Waals surface area (Å²) in [6.07, 6.45) is 1.35. The van der Waals surface area contributed by atoms with E-state index < -0.39 is 16.1 Å². The standard InChI is InChI=1S/C17H15ClO6S/c1-22-14-7-8-15(17(19)23-2)16(11-14)24-25(20,21)10-9-12-3-5-13(18)6-4-12/h3-11H,1-2H3/b10-9+. The van der Waals surface area contributed by atoms with E-state index in [0.717, 1.165) is 5.41 Å². The van der Waals surface area contributed by atoms with Gasteiger partial charge in [-0.3, -0.25) is 0 Å². The highest BCUT2D eigenvalue weighted by Crippen LogP contribution is 2.27. The molecule has 0 saturated heterocycles. The van der Waals surface area contributed by atoms with Gasteiger partial charge >= 0.3 is 16.1 Å². The SMILES string of the molecule is COC(=O)c1ccc(OC)cc1OS(=O)(=O)/C=C/c1ccc(Cl)cc1. The van der Waals surface area contributed by atoms with Crippen molar-refractivity contribution in [2.45, 2.75) is 0 Å². The van der Waals surface area contributed by atoms with Crippen LogP contribution in [0.3, 0.4) is 0 Å². The minimum Gasteiger partial charge on any atom is -0.497 e. The molecule has 8 heteroatoms. The Hall–Kier alpha value is -2.51. The van der Waals surface area contributed by atoms with Crippen molar-refractivity contribution in [1.29, 1.82) is 0 Å². The van der Waals surface area contributed by atoms with Gasteiger partial charge in [-0.25, -0.2) is 4.79 Å². The molecule has 0 fully saturated rings. The van der Waals surface area contributed by atoms with Crippen LogP contribution in [-0.2, 0) is 14.9 Å². The van der Waals surface area contributed by atoms with Crippen LogP contribution in [0, 0.1) is 0 Å². The predicted octanol–water partition coefficient (Wildman–Crippen LogP) is 3.51. The number of methoxy groups -OCH3 is 2. The maximum absolute atomic E-state index is 12.2. The van der Waals surface area contributed by atoms with Crippen molar-refractivity contribution in [3.8, 4) is 11.5 Å². The summed E-state index contributed by atoms with van der Waals surface area (Å²) in [5.74, 6) is -0.582. The molecule has 0 spiro atoms. The maximum atomic E-state index is 12.2. The molecule has 0 aliphatic heterocycles. The van der Waals surface area contributed by atoms with Crippen molar-refractivity contribution < 1.29 is 26.9 Å². The van der Waals surface area contributed by atoms with Crippen molar-refractivity contribution in [3.05, 3.63) is 64.0 Å². The highest BCUT2D eigenvalue weighted by atomic mass is 35.5. The molecule has 6 nitrogen and oxygen atoms in total. The van der Waals surface area contributed by atoms with E-state index in [1.165, 1.54) is 38.5 Å². The first-order valence-corrected chi connectivity index (χ1v) is 8.84. The van der Waals surface area contributed by atoms with Gasteiger partial charge in [0.05, 0.1) is 19.6 Å². The van der Waals surface area contributed by atoms with E-state index in [0.29, 0.717) is 16.3 Å². The summed E-state index contributed by atoms with van der Waals surface area (Å²) in [6.45, 7) is 0. The zero-order valence-corrected chi connectivity index (χ0v) is 15.0. The number of carbonyl (C=O) groups is 1. The van der Waals surface area contributed by atoms with E-state index in [1.54, 1.807) is 24.3 Å². The number of halogens is 1. The van der Waals surface area contributed by atoms with Crippen LogP contribution in [0.25, 0.3) is 6.08 Å². The van der Waals surface area contributed by atoms with Crippen molar-refractivity contribution in [2.75, 3.05) is 14.2 Å². The van der Waals surface area contributed by atoms with Gasteiger partial charge in [0, 0.05) is 11.1 Å². The lowest BCUT2D eigenvalue weighted by Gasteiger charge is -2.10. The van der Waals surface area contributed by atoms with Crippen LogP contribution in [0.5, 0.6) is 11.5 Å². The second-order valence-electron chi connectivity index (χ2n) is 4.78. The van der Waals surface area contributed by atoms with Crippen LogP contribution in [0.1, 0.15) is 15.9 Å². The largest absolute Gasteiger partial charge is 0.497 e. The first-order valence-electron chi connectivity index (χ1n) is 6.99. The van der Waals surface area contributed by atoms with Gasteiger partial charge in [0.25, 0.3) is 0 Å². The van der Waals surface area contributed by atoms with Crippen molar-refractivity contribution in [2.24, 2.45) is 0 Å². The van der Waals surface area contributed by atoms with Crippen LogP contribution < -0.4 is 8.92 Å². The summed E-state index contributed by atoms with van der Waals surface area (Å²) < 4.78 is 39.0. The van der Waals surface area contributed by atoms with Crippen LogP contribution in [0.15, 0.2) is 47.9 Å². The Morgan fingerprint density at radius 1 is 1.08 bits per heavy atom. The average Bonchev–Trinajstić information content (AvgIpc) is 2.60. The minimum atomic E-state index is -4.11. The molecule has 0 N–H and O–H groups in total. The number of hydrogen-bond acceptors (Lipinski definition) is 6. The van der Waals surface area contributed by atoms with Crippen molar-refractivity contribution >= 4 is 33.8 Å². The fourth-order valence-electron chi connectivity index (χ4n) is 1.87. The maximum Gasteiger partial charge on any atom is 0.341 e. The zero-order valence-electron chi connectivity index (χ0n) is 13.4. The molecule has 2 aromatic rings. The summed E-state index contributed by atoms with van der Waals surface area (Å²) in [4.78, 5) is 11.8. The van der Waals surface area contributed by atoms with Gasteiger partial charge in [-0.1, -0.05) is 23.7 Å². The van der Waals surface area contributed by atoms with Gasteiger partial charge in [-0.05, 0) is 35.9 Å². The van der Waals surface area contributed by atoms with E-state index in [2.05, 4.69) is 4.74 Å². The molecule has 0 saturated carbocycles. The molecule has 0 aliphatic rings. The van der Waals surface area contributed by atoms with Crippen LogP contribution in [0.4, 0.5) is 0 Å². The van der Waals surface area contributed by atoms with Crippen molar-refractivity contribution in [1.82, 2.24) is 0 Å². The molecule has 25 heavy (non-hydrogen) atoms. The number of hydrogen-bond donors (Lipinski definition) is 0. The van der Waals surface area contributed by atoms with Gasteiger partial charge in [0.15, 0.2) is 5.75 Å². The quantitative estimate of drug-likeness (QED) is 0.562. The Kier molecular flexibility index (Phi) is 6.06. The lowest BCUT2D eigenvalue weighted by Crippen LogP contribution is -2.10. The van der Waals surface area contributed by atoms with Crippen LogP contribution in [0.2, 0.25) is 5.02 Å². The molecular formula is C17H15ClO6S. The summed E-state index contributed by atoms with van der Waals surface area (Å²) in [5.41, 5.74) is 0.585. The summed E-state index contributed by atoms with van der Waals surface area (Å²) >= 11 is 5.78. The number of esters is 1.